The number of rotatable bonds is 10. The van der Waals surface area contributed by atoms with Crippen molar-refractivity contribution in [3.05, 3.63) is 0 Å². The molecule has 3 N–H and O–H groups in total. The van der Waals surface area contributed by atoms with Crippen molar-refractivity contribution >= 4 is 11.8 Å². The van der Waals surface area contributed by atoms with Crippen LogP contribution in [0, 0.1) is 0 Å². The highest BCUT2D eigenvalue weighted by Crippen LogP contribution is 2.29. The van der Waals surface area contributed by atoms with Crippen molar-refractivity contribution < 1.29 is 20.1 Å². The minimum absolute atomic E-state index is 0.243. The van der Waals surface area contributed by atoms with Crippen molar-refractivity contribution in [3.63, 3.8) is 0 Å². The molecule has 0 aromatic rings. The van der Waals surface area contributed by atoms with Crippen LogP contribution in [0.15, 0.2) is 0 Å². The Bertz CT molecular complexity index is 227. The molecule has 0 aromatic heterocycles. The average Bonchev–Trinajstić information content (AvgIpc) is 2.69. The highest BCUT2D eigenvalue weighted by molar-refractivity contribution is 7.99. The number of aliphatic hydroxyl groups excluding tert-OH is 3. The lowest BCUT2D eigenvalue weighted by atomic mass is 10.1. The van der Waals surface area contributed by atoms with Gasteiger partial charge in [-0.15, -0.1) is 11.8 Å². The van der Waals surface area contributed by atoms with Gasteiger partial charge in [-0.2, -0.15) is 0 Å². The Hall–Kier alpha value is 0.190. The van der Waals surface area contributed by atoms with E-state index in [-0.39, 0.29) is 6.61 Å². The second-order valence-electron chi connectivity index (χ2n) is 5.20. The smallest absolute Gasteiger partial charge is 0.132 e. The molecule has 1 heterocycles. The van der Waals surface area contributed by atoms with E-state index in [4.69, 9.17) is 9.84 Å². The molecule has 1 fully saturated rings. The van der Waals surface area contributed by atoms with Crippen molar-refractivity contribution in [3.8, 4) is 0 Å². The third-order valence-corrected chi connectivity index (χ3v) is 4.77. The van der Waals surface area contributed by atoms with Crippen LogP contribution in [0.4, 0.5) is 0 Å². The van der Waals surface area contributed by atoms with Gasteiger partial charge < -0.3 is 20.1 Å². The topological polar surface area (TPSA) is 69.9 Å². The van der Waals surface area contributed by atoms with E-state index in [2.05, 4.69) is 6.92 Å². The second-order valence-corrected chi connectivity index (χ2v) is 6.40. The summed E-state index contributed by atoms with van der Waals surface area (Å²) in [5.74, 6) is 0.931. The molecule has 0 radical (unpaired) electrons. The highest BCUT2D eigenvalue weighted by Gasteiger charge is 2.42. The third-order valence-electron chi connectivity index (χ3n) is 3.53. The summed E-state index contributed by atoms with van der Waals surface area (Å²) in [6.07, 6.45) is 6.37. The van der Waals surface area contributed by atoms with Gasteiger partial charge in [0, 0.05) is 0 Å². The zero-order valence-electron chi connectivity index (χ0n) is 11.8. The van der Waals surface area contributed by atoms with Gasteiger partial charge in [0.15, 0.2) is 0 Å². The van der Waals surface area contributed by atoms with Crippen molar-refractivity contribution in [2.45, 2.75) is 75.6 Å². The summed E-state index contributed by atoms with van der Waals surface area (Å²) in [5, 5.41) is 28.3. The standard InChI is InChI=1S/C14H28O4S/c1-2-3-4-5-6-7-8-9-19-14-13(17)12(16)11(10-15)18-14/h11-17H,2-10H2,1H3/t11-,12+,13+,14+/m1/s1. The molecule has 0 unspecified atom stereocenters. The maximum Gasteiger partial charge on any atom is 0.132 e. The maximum absolute atomic E-state index is 9.75. The van der Waals surface area contributed by atoms with E-state index in [1.54, 1.807) is 0 Å². The first kappa shape index (κ1) is 17.2. The van der Waals surface area contributed by atoms with Gasteiger partial charge in [0.2, 0.25) is 0 Å². The van der Waals surface area contributed by atoms with Crippen molar-refractivity contribution in [2.75, 3.05) is 12.4 Å². The zero-order chi connectivity index (χ0) is 14.1. The van der Waals surface area contributed by atoms with E-state index in [1.165, 1.54) is 50.3 Å². The van der Waals surface area contributed by atoms with Crippen LogP contribution in [0.2, 0.25) is 0 Å². The van der Waals surface area contributed by atoms with Crippen LogP contribution in [0.5, 0.6) is 0 Å². The Labute approximate surface area is 120 Å². The Balaban J connectivity index is 2.01. The highest BCUT2D eigenvalue weighted by atomic mass is 32.2. The molecule has 4 nitrogen and oxygen atoms in total. The molecule has 4 atom stereocenters. The predicted octanol–water partition coefficient (Wildman–Crippen LogP) is 1.91. The maximum atomic E-state index is 9.75. The number of hydrogen-bond acceptors (Lipinski definition) is 5. The number of thioether (sulfide) groups is 1. The molecule has 5 heteroatoms. The quantitative estimate of drug-likeness (QED) is 0.537. The van der Waals surface area contributed by atoms with E-state index >= 15 is 0 Å². The lowest BCUT2D eigenvalue weighted by Crippen LogP contribution is -2.33. The Morgan fingerprint density at radius 2 is 1.58 bits per heavy atom. The normalized spacial score (nSPS) is 30.9. The fourth-order valence-corrected chi connectivity index (χ4v) is 3.44. The summed E-state index contributed by atoms with van der Waals surface area (Å²) in [4.78, 5) is 0. The van der Waals surface area contributed by atoms with E-state index in [0.29, 0.717) is 0 Å². The molecule has 1 saturated heterocycles. The monoisotopic (exact) mass is 292 g/mol. The molecule has 1 rings (SSSR count). The Morgan fingerprint density at radius 1 is 0.947 bits per heavy atom. The largest absolute Gasteiger partial charge is 0.394 e. The Kier molecular flexibility index (Phi) is 9.07. The van der Waals surface area contributed by atoms with Gasteiger partial charge in [-0.1, -0.05) is 45.4 Å². The molecule has 1 aliphatic heterocycles. The summed E-state index contributed by atoms with van der Waals surface area (Å²) in [7, 11) is 0. The molecular weight excluding hydrogens is 264 g/mol. The zero-order valence-corrected chi connectivity index (χ0v) is 12.6. The van der Waals surface area contributed by atoms with Gasteiger partial charge in [0.25, 0.3) is 0 Å². The van der Waals surface area contributed by atoms with Crippen LogP contribution in [0.3, 0.4) is 0 Å². The summed E-state index contributed by atoms with van der Waals surface area (Å²) in [5.41, 5.74) is -0.396. The van der Waals surface area contributed by atoms with Crippen LogP contribution in [0.25, 0.3) is 0 Å². The fourth-order valence-electron chi connectivity index (χ4n) is 2.26. The van der Waals surface area contributed by atoms with Crippen LogP contribution >= 0.6 is 11.8 Å². The van der Waals surface area contributed by atoms with Gasteiger partial charge in [-0.3, -0.25) is 0 Å². The summed E-state index contributed by atoms with van der Waals surface area (Å²) < 4.78 is 5.41. The van der Waals surface area contributed by atoms with Crippen molar-refractivity contribution in [2.24, 2.45) is 0 Å². The predicted molar refractivity (Wildman–Crippen MR) is 78.2 cm³/mol. The molecule has 0 aromatic carbocycles. The molecule has 0 spiro atoms. The number of hydrogen-bond donors (Lipinski definition) is 3. The number of aliphatic hydroxyl groups is 3. The molecule has 19 heavy (non-hydrogen) atoms. The van der Waals surface area contributed by atoms with E-state index < -0.39 is 23.7 Å². The summed E-state index contributed by atoms with van der Waals surface area (Å²) >= 11 is 1.54. The van der Waals surface area contributed by atoms with Crippen LogP contribution in [-0.4, -0.2) is 51.4 Å². The number of unbranched alkanes of at least 4 members (excludes halogenated alkanes) is 6. The van der Waals surface area contributed by atoms with Crippen LogP contribution < -0.4 is 0 Å². The van der Waals surface area contributed by atoms with Crippen molar-refractivity contribution in [1.82, 2.24) is 0 Å². The average molecular weight is 292 g/mol. The van der Waals surface area contributed by atoms with Crippen LogP contribution in [-0.2, 0) is 4.74 Å². The van der Waals surface area contributed by atoms with Gasteiger partial charge >= 0.3 is 0 Å². The van der Waals surface area contributed by atoms with Crippen molar-refractivity contribution in [1.29, 1.82) is 0 Å². The first-order chi connectivity index (χ1) is 9.20. The fraction of sp³-hybridized carbons (Fsp3) is 1.00. The van der Waals surface area contributed by atoms with Gasteiger partial charge in [-0.25, -0.2) is 0 Å². The molecular formula is C14H28O4S. The molecule has 0 aliphatic carbocycles. The molecule has 0 bridgehead atoms. The molecule has 0 saturated carbocycles. The van der Waals surface area contributed by atoms with E-state index in [0.717, 1.165) is 12.2 Å². The molecule has 0 amide bonds. The lowest BCUT2D eigenvalue weighted by Gasteiger charge is -2.13. The second kappa shape index (κ2) is 10.00. The molecule has 114 valence electrons. The Morgan fingerprint density at radius 3 is 2.16 bits per heavy atom. The van der Waals surface area contributed by atoms with E-state index in [9.17, 15) is 10.2 Å². The SMILES string of the molecule is CCCCCCCCCS[C@@H]1O[C@H](CO)[C@H](O)[C@@H]1O. The first-order valence-corrected chi connectivity index (χ1v) is 8.49. The minimum Gasteiger partial charge on any atom is -0.394 e. The minimum atomic E-state index is -0.962. The van der Waals surface area contributed by atoms with Gasteiger partial charge in [0.1, 0.15) is 23.7 Å². The summed E-state index contributed by atoms with van der Waals surface area (Å²) in [6, 6.07) is 0. The van der Waals surface area contributed by atoms with Gasteiger partial charge in [0.05, 0.1) is 6.61 Å². The van der Waals surface area contributed by atoms with Gasteiger partial charge in [-0.05, 0) is 12.2 Å². The van der Waals surface area contributed by atoms with E-state index in [1.807, 2.05) is 0 Å². The lowest BCUT2D eigenvalue weighted by molar-refractivity contribution is -0.00808. The summed E-state index contributed by atoms with van der Waals surface area (Å²) in [6.45, 7) is 1.98. The third kappa shape index (κ3) is 6.00. The number of ether oxygens (including phenoxy) is 1. The molecule has 1 aliphatic rings. The first-order valence-electron chi connectivity index (χ1n) is 7.44. The van der Waals surface area contributed by atoms with Crippen LogP contribution in [0.1, 0.15) is 51.9 Å².